The van der Waals surface area contributed by atoms with E-state index in [1.165, 1.54) is 22.8 Å². The number of benzene rings is 4. The molecule has 0 saturated carbocycles. The summed E-state index contributed by atoms with van der Waals surface area (Å²) in [6.07, 6.45) is 0. The van der Waals surface area contributed by atoms with E-state index in [9.17, 15) is 9.59 Å². The van der Waals surface area contributed by atoms with E-state index >= 15 is 4.39 Å². The van der Waals surface area contributed by atoms with Crippen molar-refractivity contribution in [3.05, 3.63) is 119 Å². The predicted molar refractivity (Wildman–Crippen MR) is 154 cm³/mol. The van der Waals surface area contributed by atoms with Crippen LogP contribution in [0.25, 0.3) is 33.3 Å². The van der Waals surface area contributed by atoms with Gasteiger partial charge in [0.1, 0.15) is 25.1 Å². The van der Waals surface area contributed by atoms with Crippen molar-refractivity contribution in [3.63, 3.8) is 0 Å². The van der Waals surface area contributed by atoms with Gasteiger partial charge in [-0.2, -0.15) is 0 Å². The van der Waals surface area contributed by atoms with Gasteiger partial charge in [0.2, 0.25) is 0 Å². The van der Waals surface area contributed by atoms with E-state index in [2.05, 4.69) is 15.3 Å². The fraction of sp³-hybridized carbons (Fsp3) is 0.0938. The average molecular weight is 547 g/mol. The van der Waals surface area contributed by atoms with Crippen LogP contribution in [0, 0.1) is 5.82 Å². The number of aromatic nitrogens is 3. The molecule has 1 aliphatic rings. The highest BCUT2D eigenvalue weighted by molar-refractivity contribution is 5.97. The summed E-state index contributed by atoms with van der Waals surface area (Å²) < 4.78 is 27.9. The molecule has 8 nitrogen and oxygen atoms in total. The maximum atomic E-state index is 15.4. The Morgan fingerprint density at radius 1 is 0.902 bits per heavy atom. The van der Waals surface area contributed by atoms with Gasteiger partial charge < -0.3 is 19.8 Å². The number of hydrogen-bond donors (Lipinski definition) is 2. The van der Waals surface area contributed by atoms with E-state index in [-0.39, 0.29) is 11.3 Å². The molecule has 0 aliphatic carbocycles. The van der Waals surface area contributed by atoms with Gasteiger partial charge in [0, 0.05) is 28.2 Å². The lowest BCUT2D eigenvalue weighted by Gasteiger charge is -2.23. The van der Waals surface area contributed by atoms with E-state index in [1.54, 1.807) is 48.5 Å². The van der Waals surface area contributed by atoms with E-state index in [0.717, 1.165) is 10.9 Å². The van der Waals surface area contributed by atoms with Crippen molar-refractivity contribution in [2.75, 3.05) is 18.5 Å². The number of amides is 1. The first kappa shape index (κ1) is 24.6. The Bertz CT molecular complexity index is 1980. The Hall–Kier alpha value is -5.44. The number of nitrogens with zero attached hydrogens (tertiary/aromatic N) is 2. The second kappa shape index (κ2) is 9.95. The number of aromatic amines is 1. The monoisotopic (exact) mass is 546 g/mol. The molecule has 1 amide bonds. The van der Waals surface area contributed by atoms with Gasteiger partial charge in [-0.25, -0.2) is 9.37 Å². The summed E-state index contributed by atoms with van der Waals surface area (Å²) in [6.45, 7) is 0.821. The van der Waals surface area contributed by atoms with Crippen molar-refractivity contribution in [1.82, 2.24) is 14.5 Å². The number of hydrogen-bond acceptors (Lipinski definition) is 5. The van der Waals surface area contributed by atoms with Gasteiger partial charge in [-0.1, -0.05) is 48.5 Å². The first-order valence-corrected chi connectivity index (χ1v) is 13.1. The summed E-state index contributed by atoms with van der Waals surface area (Å²) in [5, 5.41) is 3.77. The summed E-state index contributed by atoms with van der Waals surface area (Å²) >= 11 is 0. The normalized spacial score (nSPS) is 13.3. The van der Waals surface area contributed by atoms with Gasteiger partial charge in [-0.3, -0.25) is 14.2 Å². The molecule has 0 radical (unpaired) electrons. The lowest BCUT2D eigenvalue weighted by molar-refractivity contribution is -0.118. The highest BCUT2D eigenvalue weighted by Crippen LogP contribution is 2.34. The van der Waals surface area contributed by atoms with Crippen LogP contribution < -0.4 is 20.3 Å². The second-order valence-electron chi connectivity index (χ2n) is 9.67. The van der Waals surface area contributed by atoms with Gasteiger partial charge in [0.05, 0.1) is 16.7 Å². The van der Waals surface area contributed by atoms with Crippen LogP contribution in [0.2, 0.25) is 0 Å². The van der Waals surface area contributed by atoms with Gasteiger partial charge in [-0.15, -0.1) is 0 Å². The Morgan fingerprint density at radius 3 is 2.51 bits per heavy atom. The quantitative estimate of drug-likeness (QED) is 0.290. The van der Waals surface area contributed by atoms with Crippen LogP contribution >= 0.6 is 0 Å². The number of carbonyl (C=O) groups is 1. The SMILES string of the molecule is O=C(Nc1ccc2c(c1)OCCO2)C(c1ccccc1F)n1c(=O)c(-c2cc3ccccc3[nH]2)nc2ccccc21. The summed E-state index contributed by atoms with van der Waals surface area (Å²) in [5.41, 5.74) is 2.25. The van der Waals surface area contributed by atoms with E-state index < -0.39 is 23.3 Å². The zero-order valence-corrected chi connectivity index (χ0v) is 21.6. The average Bonchev–Trinajstić information content (AvgIpc) is 3.43. The number of carbonyl (C=O) groups excluding carboxylic acids is 1. The number of rotatable bonds is 5. The molecule has 1 aliphatic heterocycles. The zero-order chi connectivity index (χ0) is 27.9. The number of para-hydroxylation sites is 3. The number of nitrogens with one attached hydrogen (secondary N) is 2. The smallest absolute Gasteiger partial charge is 0.280 e. The van der Waals surface area contributed by atoms with Gasteiger partial charge in [-0.05, 0) is 42.5 Å². The maximum Gasteiger partial charge on any atom is 0.280 e. The van der Waals surface area contributed by atoms with Crippen LogP contribution in [-0.2, 0) is 4.79 Å². The Morgan fingerprint density at radius 2 is 1.66 bits per heavy atom. The van der Waals surface area contributed by atoms with Crippen molar-refractivity contribution >= 4 is 33.5 Å². The van der Waals surface area contributed by atoms with Gasteiger partial charge in [0.25, 0.3) is 11.5 Å². The number of ether oxygens (including phenoxy) is 2. The minimum Gasteiger partial charge on any atom is -0.486 e. The molecule has 0 spiro atoms. The second-order valence-corrected chi connectivity index (χ2v) is 9.67. The molecule has 0 saturated heterocycles. The van der Waals surface area contributed by atoms with Crippen LogP contribution in [0.15, 0.2) is 102 Å². The molecule has 1 atom stereocenters. The third kappa shape index (κ3) is 4.37. The Kier molecular flexibility index (Phi) is 5.96. The topological polar surface area (TPSA) is 98.2 Å². The highest BCUT2D eigenvalue weighted by atomic mass is 19.1. The van der Waals surface area contributed by atoms with E-state index in [1.807, 2.05) is 30.3 Å². The van der Waals surface area contributed by atoms with E-state index in [0.29, 0.717) is 47.1 Å². The Balaban J connectivity index is 1.42. The molecule has 0 bridgehead atoms. The number of anilines is 1. The zero-order valence-electron chi connectivity index (χ0n) is 21.6. The Labute approximate surface area is 233 Å². The highest BCUT2D eigenvalue weighted by Gasteiger charge is 2.30. The molecule has 6 aromatic rings. The molecule has 202 valence electrons. The summed E-state index contributed by atoms with van der Waals surface area (Å²) in [6, 6.07) is 26.1. The molecule has 0 fully saturated rings. The number of halogens is 1. The van der Waals surface area contributed by atoms with Crippen molar-refractivity contribution in [1.29, 1.82) is 0 Å². The molecular weight excluding hydrogens is 523 g/mol. The molecule has 41 heavy (non-hydrogen) atoms. The van der Waals surface area contributed by atoms with Crippen LogP contribution in [0.5, 0.6) is 11.5 Å². The third-order valence-corrected chi connectivity index (χ3v) is 7.10. The molecule has 2 N–H and O–H groups in total. The lowest BCUT2D eigenvalue weighted by Crippen LogP contribution is -2.36. The van der Waals surface area contributed by atoms with Crippen LogP contribution in [-0.4, -0.2) is 33.7 Å². The third-order valence-electron chi connectivity index (χ3n) is 7.10. The van der Waals surface area contributed by atoms with Crippen molar-refractivity contribution in [3.8, 4) is 22.9 Å². The van der Waals surface area contributed by atoms with Crippen LogP contribution in [0.3, 0.4) is 0 Å². The summed E-state index contributed by atoms with van der Waals surface area (Å²) in [5.74, 6) is -0.161. The summed E-state index contributed by atoms with van der Waals surface area (Å²) in [7, 11) is 0. The minimum absolute atomic E-state index is 0.0450. The molecule has 2 aromatic heterocycles. The van der Waals surface area contributed by atoms with Crippen molar-refractivity contribution in [2.45, 2.75) is 6.04 Å². The fourth-order valence-corrected chi connectivity index (χ4v) is 5.21. The lowest BCUT2D eigenvalue weighted by atomic mass is 10.0. The van der Waals surface area contributed by atoms with Crippen molar-refractivity contribution < 1.29 is 18.7 Å². The first-order chi connectivity index (χ1) is 20.1. The minimum atomic E-state index is -1.35. The van der Waals surface area contributed by atoms with Crippen LogP contribution in [0.1, 0.15) is 11.6 Å². The standard InChI is InChI=1S/C32H23FN4O4/c33-22-9-3-2-8-21(22)30(31(38)34-20-13-14-27-28(18-20)41-16-15-40-27)37-26-12-6-5-11-24(26)36-29(32(37)39)25-17-19-7-1-4-10-23(19)35-25/h1-14,17-18,30,35H,15-16H2,(H,34,38). The predicted octanol–water partition coefficient (Wildman–Crippen LogP) is 5.68. The van der Waals surface area contributed by atoms with Gasteiger partial charge >= 0.3 is 0 Å². The largest absolute Gasteiger partial charge is 0.486 e. The number of fused-ring (bicyclic) bond motifs is 3. The first-order valence-electron chi connectivity index (χ1n) is 13.1. The number of H-pyrrole nitrogens is 1. The molecule has 9 heteroatoms. The molecule has 1 unspecified atom stereocenters. The fourth-order valence-electron chi connectivity index (χ4n) is 5.21. The molecule has 4 aromatic carbocycles. The molecular formula is C32H23FN4O4. The van der Waals surface area contributed by atoms with Gasteiger partial charge in [0.15, 0.2) is 17.2 Å². The maximum absolute atomic E-state index is 15.4. The molecule has 7 rings (SSSR count). The molecule has 3 heterocycles. The van der Waals surface area contributed by atoms with Crippen LogP contribution in [0.4, 0.5) is 10.1 Å². The van der Waals surface area contributed by atoms with E-state index in [4.69, 9.17) is 9.47 Å². The van der Waals surface area contributed by atoms with Crippen molar-refractivity contribution in [2.24, 2.45) is 0 Å². The summed E-state index contributed by atoms with van der Waals surface area (Å²) in [4.78, 5) is 36.3.